The van der Waals surface area contributed by atoms with E-state index in [0.717, 1.165) is 4.48 Å². The van der Waals surface area contributed by atoms with Crippen LogP contribution in [0.5, 0.6) is 0 Å². The summed E-state index contributed by atoms with van der Waals surface area (Å²) in [5, 5.41) is 0. The maximum absolute atomic E-state index is 2.22. The zero-order chi connectivity index (χ0) is 8.91. The van der Waals surface area contributed by atoms with Crippen molar-refractivity contribution in [2.75, 3.05) is 7.05 Å². The molecular formula is C10H20N+. The van der Waals surface area contributed by atoms with Crippen LogP contribution in [0, 0.1) is 0 Å². The summed E-state index contributed by atoms with van der Waals surface area (Å²) in [6.45, 7) is 8.56. The second-order valence-corrected chi connectivity index (χ2v) is 3.28. The minimum Gasteiger partial charge on any atom is -0.272 e. The zero-order valence-electron chi connectivity index (χ0n) is 8.33. The molecule has 0 aliphatic rings. The van der Waals surface area contributed by atoms with Gasteiger partial charge in [-0.3, -0.25) is 4.48 Å². The van der Waals surface area contributed by atoms with Crippen molar-refractivity contribution in [3.05, 3.63) is 24.6 Å². The van der Waals surface area contributed by atoms with Gasteiger partial charge in [0.05, 0.1) is 25.5 Å². The minimum atomic E-state index is 0.599. The van der Waals surface area contributed by atoms with Gasteiger partial charge in [-0.25, -0.2) is 0 Å². The average molecular weight is 154 g/mol. The number of allylic oxidation sites excluding steroid dienone is 2. The molecule has 0 amide bonds. The fourth-order valence-corrected chi connectivity index (χ4v) is 1.04. The van der Waals surface area contributed by atoms with Crippen LogP contribution < -0.4 is 0 Å². The Morgan fingerprint density at radius 1 is 1.00 bits per heavy atom. The Kier molecular flexibility index (Phi) is 4.12. The molecular weight excluding hydrogens is 134 g/mol. The lowest BCUT2D eigenvalue weighted by atomic mass is 10.3. The highest BCUT2D eigenvalue weighted by atomic mass is 15.3. The predicted molar refractivity (Wildman–Crippen MR) is 50.9 cm³/mol. The molecule has 0 saturated heterocycles. The van der Waals surface area contributed by atoms with Crippen LogP contribution in [0.15, 0.2) is 24.6 Å². The molecule has 1 heteroatoms. The molecule has 0 heterocycles. The number of hydrogen-bond donors (Lipinski definition) is 0. The van der Waals surface area contributed by atoms with Crippen LogP contribution in [0.4, 0.5) is 0 Å². The monoisotopic (exact) mass is 154 g/mol. The third-order valence-electron chi connectivity index (χ3n) is 2.05. The molecule has 0 fully saturated rings. The lowest BCUT2D eigenvalue weighted by Crippen LogP contribution is -2.38. The Morgan fingerprint density at radius 2 is 1.36 bits per heavy atom. The second-order valence-electron chi connectivity index (χ2n) is 3.28. The van der Waals surface area contributed by atoms with Crippen molar-refractivity contribution in [2.45, 2.75) is 33.7 Å². The molecule has 0 saturated carbocycles. The van der Waals surface area contributed by atoms with Gasteiger partial charge in [0, 0.05) is 0 Å². The zero-order valence-corrected chi connectivity index (χ0v) is 8.33. The molecule has 1 nitrogen and oxygen atoms in total. The van der Waals surface area contributed by atoms with Gasteiger partial charge in [-0.2, -0.15) is 0 Å². The highest BCUT2D eigenvalue weighted by molar-refractivity contribution is 4.77. The highest BCUT2D eigenvalue weighted by Crippen LogP contribution is 2.11. The molecule has 0 N–H and O–H groups in total. The third-order valence-corrected chi connectivity index (χ3v) is 2.05. The Bertz CT molecular complexity index is 142. The third kappa shape index (κ3) is 2.89. The molecule has 0 radical (unpaired) electrons. The predicted octanol–water partition coefficient (Wildman–Crippen LogP) is 2.91. The molecule has 0 aromatic carbocycles. The Balaban J connectivity index is 4.51. The van der Waals surface area contributed by atoms with Gasteiger partial charge in [-0.15, -0.1) is 0 Å². The van der Waals surface area contributed by atoms with Crippen LogP contribution in [0.3, 0.4) is 0 Å². The van der Waals surface area contributed by atoms with Gasteiger partial charge in [0.1, 0.15) is 0 Å². The molecule has 0 aromatic heterocycles. The van der Waals surface area contributed by atoms with E-state index in [9.17, 15) is 0 Å². The standard InChI is InChI=1S/C10H20N/c1-6-8-11(5,9-7-2)10(3)4/h6-10H,1-5H3/q+1. The first-order valence-corrected chi connectivity index (χ1v) is 4.20. The SMILES string of the molecule is CC=C[N+](C)(C=CC)C(C)C. The summed E-state index contributed by atoms with van der Waals surface area (Å²) < 4.78 is 0.882. The number of rotatable bonds is 3. The van der Waals surface area contributed by atoms with Crippen LogP contribution in [0.2, 0.25) is 0 Å². The summed E-state index contributed by atoms with van der Waals surface area (Å²) in [5.41, 5.74) is 0. The first-order chi connectivity index (χ1) is 5.06. The van der Waals surface area contributed by atoms with E-state index in [0.29, 0.717) is 6.04 Å². The summed E-state index contributed by atoms with van der Waals surface area (Å²) >= 11 is 0. The largest absolute Gasteiger partial charge is 0.272 e. The van der Waals surface area contributed by atoms with E-state index in [1.54, 1.807) is 0 Å². The fraction of sp³-hybridized carbons (Fsp3) is 0.600. The van der Waals surface area contributed by atoms with Gasteiger partial charge < -0.3 is 0 Å². The van der Waals surface area contributed by atoms with Crippen molar-refractivity contribution in [3.8, 4) is 0 Å². The topological polar surface area (TPSA) is 0 Å². The Labute approximate surface area is 70.6 Å². The summed E-state index contributed by atoms with van der Waals surface area (Å²) in [7, 11) is 2.20. The summed E-state index contributed by atoms with van der Waals surface area (Å²) in [6.07, 6.45) is 8.59. The minimum absolute atomic E-state index is 0.599. The molecule has 0 unspecified atom stereocenters. The highest BCUT2D eigenvalue weighted by Gasteiger charge is 2.18. The Morgan fingerprint density at radius 3 is 1.55 bits per heavy atom. The van der Waals surface area contributed by atoms with Crippen molar-refractivity contribution in [1.29, 1.82) is 0 Å². The molecule has 0 aliphatic heterocycles. The first-order valence-electron chi connectivity index (χ1n) is 4.20. The second kappa shape index (κ2) is 4.35. The number of quaternary nitrogens is 1. The van der Waals surface area contributed by atoms with E-state index in [4.69, 9.17) is 0 Å². The van der Waals surface area contributed by atoms with Crippen LogP contribution in [0.1, 0.15) is 27.7 Å². The van der Waals surface area contributed by atoms with Gasteiger partial charge in [0.15, 0.2) is 0 Å². The van der Waals surface area contributed by atoms with Crippen LogP contribution >= 0.6 is 0 Å². The molecule has 0 aromatic rings. The quantitative estimate of drug-likeness (QED) is 0.548. The van der Waals surface area contributed by atoms with Crippen LogP contribution in [0.25, 0.3) is 0 Å². The molecule has 0 spiro atoms. The van der Waals surface area contributed by atoms with Gasteiger partial charge in [0.25, 0.3) is 0 Å². The average Bonchev–Trinajstić information content (AvgIpc) is 1.88. The van der Waals surface area contributed by atoms with Crippen LogP contribution in [-0.4, -0.2) is 17.6 Å². The lowest BCUT2D eigenvalue weighted by Gasteiger charge is -2.30. The summed E-state index contributed by atoms with van der Waals surface area (Å²) in [6, 6.07) is 0.599. The van der Waals surface area contributed by atoms with E-state index < -0.39 is 0 Å². The smallest absolute Gasteiger partial charge is 0.0961 e. The van der Waals surface area contributed by atoms with Crippen LogP contribution in [-0.2, 0) is 0 Å². The normalized spacial score (nSPS) is 18.4. The van der Waals surface area contributed by atoms with Gasteiger partial charge >= 0.3 is 0 Å². The van der Waals surface area contributed by atoms with Gasteiger partial charge in [-0.05, 0) is 39.8 Å². The molecule has 0 bridgehead atoms. The fourth-order valence-electron chi connectivity index (χ4n) is 1.04. The van der Waals surface area contributed by atoms with E-state index in [2.05, 4.69) is 59.3 Å². The summed E-state index contributed by atoms with van der Waals surface area (Å²) in [4.78, 5) is 0. The first kappa shape index (κ1) is 10.4. The molecule has 11 heavy (non-hydrogen) atoms. The van der Waals surface area contributed by atoms with Crippen molar-refractivity contribution in [1.82, 2.24) is 0 Å². The van der Waals surface area contributed by atoms with Crippen molar-refractivity contribution >= 4 is 0 Å². The maximum Gasteiger partial charge on any atom is 0.0961 e. The Hall–Kier alpha value is -0.560. The molecule has 64 valence electrons. The molecule has 0 aliphatic carbocycles. The van der Waals surface area contributed by atoms with Crippen molar-refractivity contribution in [3.63, 3.8) is 0 Å². The van der Waals surface area contributed by atoms with Gasteiger partial charge in [-0.1, -0.05) is 0 Å². The molecule has 0 rings (SSSR count). The van der Waals surface area contributed by atoms with E-state index in [1.165, 1.54) is 0 Å². The van der Waals surface area contributed by atoms with Crippen molar-refractivity contribution in [2.24, 2.45) is 0 Å². The lowest BCUT2D eigenvalue weighted by molar-refractivity contribution is -0.830. The number of nitrogens with zero attached hydrogens (tertiary/aromatic N) is 1. The maximum atomic E-state index is 2.22. The van der Waals surface area contributed by atoms with Crippen molar-refractivity contribution < 1.29 is 4.48 Å². The van der Waals surface area contributed by atoms with E-state index in [-0.39, 0.29) is 0 Å². The molecule has 0 atom stereocenters. The number of hydrogen-bond acceptors (Lipinski definition) is 0. The van der Waals surface area contributed by atoms with E-state index in [1.807, 2.05) is 0 Å². The van der Waals surface area contributed by atoms with E-state index >= 15 is 0 Å². The summed E-state index contributed by atoms with van der Waals surface area (Å²) in [5.74, 6) is 0. The van der Waals surface area contributed by atoms with Gasteiger partial charge in [0.2, 0.25) is 0 Å².